The van der Waals surface area contributed by atoms with Crippen molar-refractivity contribution in [2.75, 3.05) is 0 Å². The zero-order valence-electron chi connectivity index (χ0n) is 11.9. The van der Waals surface area contributed by atoms with E-state index in [0.29, 0.717) is 5.56 Å². The summed E-state index contributed by atoms with van der Waals surface area (Å²) >= 11 is 0.852. The molecule has 1 atom stereocenters. The summed E-state index contributed by atoms with van der Waals surface area (Å²) < 4.78 is 0. The number of nitro benzene ring substituents is 1. The summed E-state index contributed by atoms with van der Waals surface area (Å²) in [6, 6.07) is 6.04. The molecular weight excluding hydrogens is 324 g/mol. The van der Waals surface area contributed by atoms with Gasteiger partial charge in [0.1, 0.15) is 10.9 Å². The highest BCUT2D eigenvalue weighted by molar-refractivity contribution is 8.00. The van der Waals surface area contributed by atoms with Crippen LogP contribution in [-0.4, -0.2) is 36.4 Å². The molecular formula is C13H12N4O5S. The van der Waals surface area contributed by atoms with E-state index in [9.17, 15) is 19.7 Å². The fourth-order valence-electron chi connectivity index (χ4n) is 1.75. The van der Waals surface area contributed by atoms with Crippen LogP contribution in [0.4, 0.5) is 5.69 Å². The number of carboxylic acid groups (broad SMARTS) is 1. The van der Waals surface area contributed by atoms with Gasteiger partial charge >= 0.3 is 5.97 Å². The Kier molecular flexibility index (Phi) is 5.06. The van der Waals surface area contributed by atoms with Gasteiger partial charge in [-0.2, -0.15) is 0 Å². The number of aromatic nitrogens is 3. The summed E-state index contributed by atoms with van der Waals surface area (Å²) in [6.45, 7) is 1.45. The number of carboxylic acids is 1. The molecule has 0 fully saturated rings. The third-order valence-corrected chi connectivity index (χ3v) is 3.89. The lowest BCUT2D eigenvalue weighted by Crippen LogP contribution is -2.20. The zero-order chi connectivity index (χ0) is 17.0. The second kappa shape index (κ2) is 7.01. The minimum absolute atomic E-state index is 0.0200. The van der Waals surface area contributed by atoms with Crippen LogP contribution in [0.15, 0.2) is 34.2 Å². The molecule has 23 heavy (non-hydrogen) atoms. The highest BCUT2D eigenvalue weighted by atomic mass is 32.2. The van der Waals surface area contributed by atoms with E-state index in [0.717, 1.165) is 11.8 Å². The number of aromatic amines is 1. The Morgan fingerprint density at radius 3 is 2.74 bits per heavy atom. The van der Waals surface area contributed by atoms with Gasteiger partial charge < -0.3 is 5.11 Å². The molecule has 1 unspecified atom stereocenters. The second-order valence-electron chi connectivity index (χ2n) is 4.57. The highest BCUT2D eigenvalue weighted by Gasteiger charge is 2.17. The van der Waals surface area contributed by atoms with Crippen LogP contribution in [0.3, 0.4) is 0 Å². The molecule has 0 aliphatic rings. The molecule has 0 saturated heterocycles. The number of nitrogens with one attached hydrogen (secondary N) is 1. The van der Waals surface area contributed by atoms with Crippen LogP contribution in [0.25, 0.3) is 0 Å². The van der Waals surface area contributed by atoms with Gasteiger partial charge in [-0.05, 0) is 6.92 Å². The van der Waals surface area contributed by atoms with Gasteiger partial charge in [-0.3, -0.25) is 24.7 Å². The Labute approximate surface area is 133 Å². The van der Waals surface area contributed by atoms with Crippen molar-refractivity contribution in [3.63, 3.8) is 0 Å². The van der Waals surface area contributed by atoms with Crippen molar-refractivity contribution in [2.24, 2.45) is 0 Å². The minimum atomic E-state index is -1.04. The fourth-order valence-corrected chi connectivity index (χ4v) is 2.43. The van der Waals surface area contributed by atoms with Gasteiger partial charge in [-0.1, -0.05) is 30.0 Å². The highest BCUT2D eigenvalue weighted by Crippen LogP contribution is 2.20. The number of carbonyl (C=O) groups is 1. The van der Waals surface area contributed by atoms with Crippen molar-refractivity contribution in [1.29, 1.82) is 0 Å². The number of H-pyrrole nitrogens is 1. The van der Waals surface area contributed by atoms with E-state index in [4.69, 9.17) is 5.11 Å². The van der Waals surface area contributed by atoms with Crippen LogP contribution in [0.2, 0.25) is 0 Å². The topological polar surface area (TPSA) is 139 Å². The van der Waals surface area contributed by atoms with Crippen LogP contribution in [-0.2, 0) is 11.2 Å². The van der Waals surface area contributed by atoms with Crippen molar-refractivity contribution in [3.8, 4) is 0 Å². The minimum Gasteiger partial charge on any atom is -0.480 e. The first kappa shape index (κ1) is 16.6. The zero-order valence-corrected chi connectivity index (χ0v) is 12.7. The van der Waals surface area contributed by atoms with Gasteiger partial charge in [0, 0.05) is 18.1 Å². The monoisotopic (exact) mass is 336 g/mol. The Hall–Kier alpha value is -2.75. The van der Waals surface area contributed by atoms with Crippen molar-refractivity contribution >= 4 is 23.4 Å². The summed E-state index contributed by atoms with van der Waals surface area (Å²) in [6.07, 6.45) is -0.0427. The van der Waals surface area contributed by atoms with E-state index in [1.165, 1.54) is 25.1 Å². The average molecular weight is 336 g/mol. The molecule has 0 spiro atoms. The molecule has 0 saturated carbocycles. The molecule has 1 aromatic carbocycles. The molecule has 0 bridgehead atoms. The van der Waals surface area contributed by atoms with Gasteiger partial charge in [0.25, 0.3) is 11.2 Å². The van der Waals surface area contributed by atoms with E-state index in [2.05, 4.69) is 15.2 Å². The summed E-state index contributed by atoms with van der Waals surface area (Å²) in [5.74, 6) is -1.04. The van der Waals surface area contributed by atoms with Crippen LogP contribution < -0.4 is 5.56 Å². The number of benzene rings is 1. The SMILES string of the molecule is CC(Sc1nnc(Cc2ccccc2[N+](=O)[O-])c(=O)[nH]1)C(=O)O. The first-order valence-corrected chi connectivity index (χ1v) is 7.34. The van der Waals surface area contributed by atoms with Crippen molar-refractivity contribution in [3.05, 3.63) is 56.0 Å². The van der Waals surface area contributed by atoms with Crippen LogP contribution >= 0.6 is 11.8 Å². The van der Waals surface area contributed by atoms with E-state index < -0.39 is 21.7 Å². The van der Waals surface area contributed by atoms with Crippen LogP contribution in [0.1, 0.15) is 18.2 Å². The first-order chi connectivity index (χ1) is 10.9. The molecule has 2 aromatic rings. The van der Waals surface area contributed by atoms with Gasteiger partial charge in [-0.15, -0.1) is 10.2 Å². The maximum absolute atomic E-state index is 12.0. The molecule has 9 nitrogen and oxygen atoms in total. The van der Waals surface area contributed by atoms with E-state index in [-0.39, 0.29) is 23.0 Å². The number of para-hydroxylation sites is 1. The Balaban J connectivity index is 2.24. The number of rotatable bonds is 6. The number of hydrogen-bond acceptors (Lipinski definition) is 7. The molecule has 0 aliphatic heterocycles. The smallest absolute Gasteiger partial charge is 0.316 e. The maximum Gasteiger partial charge on any atom is 0.316 e. The van der Waals surface area contributed by atoms with Gasteiger partial charge in [0.2, 0.25) is 0 Å². The van der Waals surface area contributed by atoms with Crippen molar-refractivity contribution < 1.29 is 14.8 Å². The normalized spacial score (nSPS) is 11.9. The lowest BCUT2D eigenvalue weighted by Gasteiger charge is -2.05. The molecule has 1 aromatic heterocycles. The third-order valence-electron chi connectivity index (χ3n) is 2.93. The van der Waals surface area contributed by atoms with Gasteiger partial charge in [-0.25, -0.2) is 0 Å². The van der Waals surface area contributed by atoms with Crippen LogP contribution in [0, 0.1) is 10.1 Å². The van der Waals surface area contributed by atoms with E-state index >= 15 is 0 Å². The van der Waals surface area contributed by atoms with Gasteiger partial charge in [0.15, 0.2) is 5.16 Å². The number of nitro groups is 1. The van der Waals surface area contributed by atoms with Crippen molar-refractivity contribution in [1.82, 2.24) is 15.2 Å². The molecule has 0 aliphatic carbocycles. The predicted octanol–water partition coefficient (Wildman–Crippen LogP) is 1.23. The Morgan fingerprint density at radius 2 is 2.13 bits per heavy atom. The molecule has 2 N–H and O–H groups in total. The molecule has 2 rings (SSSR count). The van der Waals surface area contributed by atoms with Crippen LogP contribution in [0.5, 0.6) is 0 Å². The lowest BCUT2D eigenvalue weighted by atomic mass is 10.1. The van der Waals surface area contributed by atoms with Gasteiger partial charge in [0.05, 0.1) is 4.92 Å². The van der Waals surface area contributed by atoms with Crippen molar-refractivity contribution in [2.45, 2.75) is 23.8 Å². The Morgan fingerprint density at radius 1 is 1.43 bits per heavy atom. The van der Waals surface area contributed by atoms with E-state index in [1.807, 2.05) is 0 Å². The first-order valence-electron chi connectivity index (χ1n) is 6.46. The number of nitrogens with zero attached hydrogens (tertiary/aromatic N) is 3. The molecule has 120 valence electrons. The predicted molar refractivity (Wildman–Crippen MR) is 81.5 cm³/mol. The third kappa shape index (κ3) is 4.13. The molecule has 0 radical (unpaired) electrons. The number of aliphatic carboxylic acids is 1. The molecule has 10 heteroatoms. The van der Waals surface area contributed by atoms with E-state index in [1.54, 1.807) is 6.07 Å². The summed E-state index contributed by atoms with van der Waals surface area (Å²) in [4.78, 5) is 35.6. The average Bonchev–Trinajstić information content (AvgIpc) is 2.50. The molecule has 0 amide bonds. The number of hydrogen-bond donors (Lipinski definition) is 2. The largest absolute Gasteiger partial charge is 0.480 e. The Bertz CT molecular complexity index is 807. The quantitative estimate of drug-likeness (QED) is 0.456. The summed E-state index contributed by atoms with van der Waals surface area (Å²) in [5.41, 5.74) is -0.298. The standard InChI is InChI=1S/C13H12N4O5S/c1-7(12(19)20)23-13-14-11(18)9(15-16-13)6-8-4-2-3-5-10(8)17(21)22/h2-5,7H,6H2,1H3,(H,19,20)(H,14,16,18). The summed E-state index contributed by atoms with van der Waals surface area (Å²) in [7, 11) is 0. The maximum atomic E-state index is 12.0. The second-order valence-corrected chi connectivity index (χ2v) is 5.90. The fraction of sp³-hybridized carbons (Fsp3) is 0.231. The number of thioether (sulfide) groups is 1. The lowest BCUT2D eigenvalue weighted by molar-refractivity contribution is -0.385. The summed E-state index contributed by atoms with van der Waals surface area (Å²) in [5, 5.41) is 26.6. The molecule has 1 heterocycles.